The Balaban J connectivity index is 1.78. The van der Waals surface area contributed by atoms with Crippen LogP contribution in [-0.4, -0.2) is 10.4 Å². The molecule has 0 spiro atoms. The summed E-state index contributed by atoms with van der Waals surface area (Å²) in [6.07, 6.45) is 6.18. The molecular formula is C23H26ClN2O+. The summed E-state index contributed by atoms with van der Waals surface area (Å²) in [5.74, 6) is 0.127. The lowest BCUT2D eigenvalue weighted by molar-refractivity contribution is -0.683. The van der Waals surface area contributed by atoms with Gasteiger partial charge in [-0.05, 0) is 43.5 Å². The fourth-order valence-corrected chi connectivity index (χ4v) is 3.62. The Labute approximate surface area is 166 Å². The van der Waals surface area contributed by atoms with Gasteiger partial charge in [0, 0.05) is 40.7 Å². The third-order valence-corrected chi connectivity index (χ3v) is 5.35. The van der Waals surface area contributed by atoms with Crippen LogP contribution in [0.1, 0.15) is 46.2 Å². The summed E-state index contributed by atoms with van der Waals surface area (Å²) in [6, 6.07) is 14.0. The fourth-order valence-electron chi connectivity index (χ4n) is 3.42. The Kier molecular flexibility index (Phi) is 6.12. The average molecular weight is 382 g/mol. The van der Waals surface area contributed by atoms with E-state index in [-0.39, 0.29) is 5.78 Å². The van der Waals surface area contributed by atoms with Crippen LogP contribution >= 0.6 is 11.6 Å². The maximum atomic E-state index is 12.9. The van der Waals surface area contributed by atoms with Crippen LogP contribution in [0.25, 0.3) is 0 Å². The van der Waals surface area contributed by atoms with Crippen molar-refractivity contribution in [3.8, 4) is 0 Å². The normalized spacial score (nSPS) is 11.0. The molecule has 0 radical (unpaired) electrons. The Morgan fingerprint density at radius 3 is 2.48 bits per heavy atom. The zero-order valence-corrected chi connectivity index (χ0v) is 17.0. The van der Waals surface area contributed by atoms with Crippen molar-refractivity contribution in [3.63, 3.8) is 0 Å². The standard InChI is InChI=1S/C23H26ClN2O/c1-4-7-19-10-12-25(13-11-19)16-23(27)21-14-17(2)26(18(21)3)15-20-8-5-6-9-22(20)24/h5-6,8-14H,4,7,15-16H2,1-3H3/q+1. The van der Waals surface area contributed by atoms with Crippen LogP contribution in [0.2, 0.25) is 5.02 Å². The molecule has 1 aromatic carbocycles. The highest BCUT2D eigenvalue weighted by atomic mass is 35.5. The zero-order chi connectivity index (χ0) is 19.4. The highest BCUT2D eigenvalue weighted by Gasteiger charge is 2.19. The Hall–Kier alpha value is -2.39. The van der Waals surface area contributed by atoms with E-state index in [0.717, 1.165) is 40.4 Å². The average Bonchev–Trinajstić information content (AvgIpc) is 2.93. The number of ketones is 1. The molecule has 0 amide bonds. The second kappa shape index (κ2) is 8.53. The molecule has 0 fully saturated rings. The van der Waals surface area contributed by atoms with Gasteiger partial charge in [0.15, 0.2) is 12.4 Å². The molecule has 2 heterocycles. The van der Waals surface area contributed by atoms with Gasteiger partial charge < -0.3 is 4.57 Å². The number of carbonyl (C=O) groups is 1. The van der Waals surface area contributed by atoms with E-state index in [1.165, 1.54) is 5.56 Å². The molecule has 27 heavy (non-hydrogen) atoms. The van der Waals surface area contributed by atoms with Crippen molar-refractivity contribution in [1.82, 2.24) is 4.57 Å². The van der Waals surface area contributed by atoms with Crippen molar-refractivity contribution >= 4 is 17.4 Å². The maximum absolute atomic E-state index is 12.9. The molecule has 0 saturated carbocycles. The third kappa shape index (κ3) is 4.48. The Morgan fingerprint density at radius 1 is 1.11 bits per heavy atom. The minimum absolute atomic E-state index is 0.127. The van der Waals surface area contributed by atoms with Crippen molar-refractivity contribution in [3.05, 3.63) is 88.0 Å². The highest BCUT2D eigenvalue weighted by Crippen LogP contribution is 2.21. The summed E-state index contributed by atoms with van der Waals surface area (Å²) in [5, 5.41) is 0.751. The van der Waals surface area contributed by atoms with Gasteiger partial charge in [-0.1, -0.05) is 43.1 Å². The number of halogens is 1. The van der Waals surface area contributed by atoms with Crippen molar-refractivity contribution < 1.29 is 9.36 Å². The van der Waals surface area contributed by atoms with Gasteiger partial charge in [-0.3, -0.25) is 4.79 Å². The third-order valence-electron chi connectivity index (χ3n) is 4.99. The van der Waals surface area contributed by atoms with Gasteiger partial charge in [-0.15, -0.1) is 0 Å². The number of hydrogen-bond donors (Lipinski definition) is 0. The quantitative estimate of drug-likeness (QED) is 0.421. The molecule has 2 aromatic heterocycles. The lowest BCUT2D eigenvalue weighted by atomic mass is 10.1. The predicted molar refractivity (Wildman–Crippen MR) is 109 cm³/mol. The van der Waals surface area contributed by atoms with Crippen LogP contribution in [-0.2, 0) is 19.5 Å². The van der Waals surface area contributed by atoms with Crippen LogP contribution in [0, 0.1) is 13.8 Å². The molecule has 0 bridgehead atoms. The summed E-state index contributed by atoms with van der Waals surface area (Å²) >= 11 is 6.31. The fraction of sp³-hybridized carbons (Fsp3) is 0.304. The highest BCUT2D eigenvalue weighted by molar-refractivity contribution is 6.31. The molecule has 0 aliphatic carbocycles. The summed E-state index contributed by atoms with van der Waals surface area (Å²) in [5.41, 5.74) is 5.20. The number of nitrogens with zero attached hydrogens (tertiary/aromatic N) is 2. The minimum atomic E-state index is 0.127. The van der Waals surface area contributed by atoms with Crippen molar-refractivity contribution in [2.24, 2.45) is 0 Å². The number of rotatable bonds is 7. The predicted octanol–water partition coefficient (Wildman–Crippen LogP) is 4.93. The van der Waals surface area contributed by atoms with E-state index in [9.17, 15) is 4.79 Å². The molecule has 4 heteroatoms. The van der Waals surface area contributed by atoms with E-state index >= 15 is 0 Å². The van der Waals surface area contributed by atoms with Gasteiger partial charge >= 0.3 is 0 Å². The van der Waals surface area contributed by atoms with Gasteiger partial charge in [0.2, 0.25) is 12.3 Å². The topological polar surface area (TPSA) is 25.9 Å². The molecule has 3 nitrogen and oxygen atoms in total. The number of carbonyl (C=O) groups excluding carboxylic acids is 1. The molecule has 0 saturated heterocycles. The van der Waals surface area contributed by atoms with E-state index in [1.54, 1.807) is 0 Å². The van der Waals surface area contributed by atoms with E-state index in [1.807, 2.05) is 61.1 Å². The van der Waals surface area contributed by atoms with Crippen molar-refractivity contribution in [1.29, 1.82) is 0 Å². The first kappa shape index (κ1) is 19.4. The van der Waals surface area contributed by atoms with Crippen LogP contribution in [0.5, 0.6) is 0 Å². The van der Waals surface area contributed by atoms with Gasteiger partial charge in [-0.2, -0.15) is 4.57 Å². The maximum Gasteiger partial charge on any atom is 0.229 e. The molecule has 0 unspecified atom stereocenters. The van der Waals surface area contributed by atoms with Gasteiger partial charge in [0.05, 0.1) is 0 Å². The van der Waals surface area contributed by atoms with Gasteiger partial charge in [0.1, 0.15) is 0 Å². The number of hydrogen-bond acceptors (Lipinski definition) is 1. The van der Waals surface area contributed by atoms with Crippen LogP contribution in [0.15, 0.2) is 54.9 Å². The number of aryl methyl sites for hydroxylation is 2. The summed E-state index contributed by atoms with van der Waals surface area (Å²) in [7, 11) is 0. The summed E-state index contributed by atoms with van der Waals surface area (Å²) in [4.78, 5) is 12.9. The van der Waals surface area contributed by atoms with Gasteiger partial charge in [0.25, 0.3) is 0 Å². The largest absolute Gasteiger partial charge is 0.344 e. The number of aromatic nitrogens is 2. The first-order valence-electron chi connectivity index (χ1n) is 9.41. The Morgan fingerprint density at radius 2 is 1.81 bits per heavy atom. The number of pyridine rings is 1. The molecule has 140 valence electrons. The van der Waals surface area contributed by atoms with Crippen LogP contribution in [0.3, 0.4) is 0 Å². The lowest BCUT2D eigenvalue weighted by Gasteiger charge is -2.11. The van der Waals surface area contributed by atoms with Crippen molar-refractivity contribution in [2.75, 3.05) is 0 Å². The number of benzene rings is 1. The van der Waals surface area contributed by atoms with Crippen molar-refractivity contribution in [2.45, 2.75) is 46.7 Å². The van der Waals surface area contributed by atoms with E-state index in [2.05, 4.69) is 23.6 Å². The molecule has 0 N–H and O–H groups in total. The molecular weight excluding hydrogens is 356 g/mol. The van der Waals surface area contributed by atoms with Crippen LogP contribution < -0.4 is 4.57 Å². The van der Waals surface area contributed by atoms with Crippen LogP contribution in [0.4, 0.5) is 0 Å². The molecule has 0 atom stereocenters. The number of Topliss-reactive ketones (excluding diaryl/α,β-unsaturated/α-hetero) is 1. The lowest BCUT2D eigenvalue weighted by Crippen LogP contribution is -2.37. The van der Waals surface area contributed by atoms with E-state index in [0.29, 0.717) is 13.1 Å². The Bertz CT molecular complexity index is 942. The van der Waals surface area contributed by atoms with E-state index < -0.39 is 0 Å². The summed E-state index contributed by atoms with van der Waals surface area (Å²) < 4.78 is 4.10. The molecule has 0 aliphatic heterocycles. The monoisotopic (exact) mass is 381 g/mol. The molecule has 0 aliphatic rings. The zero-order valence-electron chi connectivity index (χ0n) is 16.2. The first-order valence-corrected chi connectivity index (χ1v) is 9.78. The first-order chi connectivity index (χ1) is 13.0. The molecule has 3 rings (SSSR count). The SMILES string of the molecule is CCCc1cc[n+](CC(=O)c2cc(C)n(Cc3ccccc3Cl)c2C)cc1. The smallest absolute Gasteiger partial charge is 0.229 e. The minimum Gasteiger partial charge on any atom is -0.344 e. The molecule has 3 aromatic rings. The van der Waals surface area contributed by atoms with Gasteiger partial charge in [-0.25, -0.2) is 0 Å². The second-order valence-corrected chi connectivity index (χ2v) is 7.42. The second-order valence-electron chi connectivity index (χ2n) is 7.01. The summed E-state index contributed by atoms with van der Waals surface area (Å²) in [6.45, 7) is 7.23. The van der Waals surface area contributed by atoms with E-state index in [4.69, 9.17) is 11.6 Å².